The lowest BCUT2D eigenvalue weighted by Gasteiger charge is -2.42. The molecule has 0 unspecified atom stereocenters. The van der Waals surface area contributed by atoms with E-state index in [1.807, 2.05) is 12.1 Å². The summed E-state index contributed by atoms with van der Waals surface area (Å²) in [6, 6.07) is 15.7. The van der Waals surface area contributed by atoms with Gasteiger partial charge >= 0.3 is 0 Å². The van der Waals surface area contributed by atoms with E-state index in [0.717, 1.165) is 60.4 Å². The largest absolute Gasteiger partial charge is 0.543 e. The highest BCUT2D eigenvalue weighted by Crippen LogP contribution is 2.50. The van der Waals surface area contributed by atoms with Gasteiger partial charge in [0.15, 0.2) is 0 Å². The molecule has 1 N–H and O–H groups in total. The lowest BCUT2D eigenvalue weighted by molar-refractivity contribution is 0.445. The van der Waals surface area contributed by atoms with Crippen molar-refractivity contribution in [2.45, 2.75) is 102 Å². The zero-order chi connectivity index (χ0) is 30.2. The van der Waals surface area contributed by atoms with E-state index in [2.05, 4.69) is 52.9 Å². The first-order valence-electron chi connectivity index (χ1n) is 15.8. The summed E-state index contributed by atoms with van der Waals surface area (Å²) in [5, 5.41) is 3.33. The summed E-state index contributed by atoms with van der Waals surface area (Å²) in [5.41, 5.74) is 5.08. The molecule has 3 aromatic rings. The van der Waals surface area contributed by atoms with Crippen LogP contribution in [0, 0.1) is 17.5 Å². The normalized spacial score (nSPS) is 19.9. The molecular weight excluding hydrogens is 547 g/mol. The van der Waals surface area contributed by atoms with E-state index >= 15 is 8.78 Å². The summed E-state index contributed by atoms with van der Waals surface area (Å²) in [7, 11) is -2.17. The van der Waals surface area contributed by atoms with Crippen molar-refractivity contribution in [1.29, 1.82) is 0 Å². The van der Waals surface area contributed by atoms with Crippen molar-refractivity contribution in [1.82, 2.24) is 5.32 Å². The molecule has 0 bridgehead atoms. The van der Waals surface area contributed by atoms with Gasteiger partial charge in [-0.25, -0.2) is 13.2 Å². The summed E-state index contributed by atoms with van der Waals surface area (Å²) in [6.07, 6.45) is 3.22. The smallest absolute Gasteiger partial charge is 0.258 e. The Labute approximate surface area is 251 Å². The third kappa shape index (κ3) is 5.81. The van der Waals surface area contributed by atoms with Gasteiger partial charge in [-0.1, -0.05) is 59.7 Å². The van der Waals surface area contributed by atoms with Crippen molar-refractivity contribution in [2.75, 3.05) is 13.1 Å². The molecule has 2 aliphatic rings. The van der Waals surface area contributed by atoms with Gasteiger partial charge in [0.2, 0.25) is 0 Å². The van der Waals surface area contributed by atoms with Crippen LogP contribution in [0.1, 0.15) is 106 Å². The summed E-state index contributed by atoms with van der Waals surface area (Å²) in [6.45, 7) is 15.3. The first-order valence-corrected chi connectivity index (χ1v) is 17.9. The molecule has 42 heavy (non-hydrogen) atoms. The van der Waals surface area contributed by atoms with E-state index in [1.54, 1.807) is 24.3 Å². The third-order valence-electron chi connectivity index (χ3n) is 10.1. The quantitative estimate of drug-likeness (QED) is 0.263. The first kappa shape index (κ1) is 30.9. The molecule has 0 spiro atoms. The Bertz CT molecular complexity index is 1340. The highest BCUT2D eigenvalue weighted by molar-refractivity contribution is 6.78. The molecule has 6 heteroatoms. The van der Waals surface area contributed by atoms with Crippen molar-refractivity contribution in [3.05, 3.63) is 99.9 Å². The number of fused-ring (bicyclic) bond motifs is 1. The zero-order valence-electron chi connectivity index (χ0n) is 25.9. The second-order valence-corrected chi connectivity index (χ2v) is 18.8. The predicted molar refractivity (Wildman–Crippen MR) is 169 cm³/mol. The molecule has 0 aromatic heterocycles. The molecule has 0 saturated carbocycles. The van der Waals surface area contributed by atoms with Crippen LogP contribution in [0.15, 0.2) is 54.6 Å². The van der Waals surface area contributed by atoms with Crippen molar-refractivity contribution < 1.29 is 17.6 Å². The molecule has 1 heterocycles. The van der Waals surface area contributed by atoms with Crippen LogP contribution >= 0.6 is 0 Å². The van der Waals surface area contributed by atoms with Gasteiger partial charge in [0.05, 0.1) is 0 Å². The van der Waals surface area contributed by atoms with Gasteiger partial charge < -0.3 is 9.74 Å². The average Bonchev–Trinajstić information content (AvgIpc) is 2.95. The van der Waals surface area contributed by atoms with Gasteiger partial charge in [-0.3, -0.25) is 0 Å². The third-order valence-corrected chi connectivity index (χ3v) is 16.1. The number of halogens is 3. The van der Waals surface area contributed by atoms with Gasteiger partial charge in [0.1, 0.15) is 23.2 Å². The Balaban J connectivity index is 1.59. The fraction of sp³-hybridized carbons (Fsp3) is 0.500. The minimum Gasteiger partial charge on any atom is -0.543 e. The summed E-state index contributed by atoms with van der Waals surface area (Å²) < 4.78 is 53.1. The molecule has 0 amide bonds. The van der Waals surface area contributed by atoms with Crippen LogP contribution in [-0.2, 0) is 6.42 Å². The maximum atomic E-state index is 16.1. The van der Waals surface area contributed by atoms with E-state index in [0.29, 0.717) is 23.0 Å². The summed E-state index contributed by atoms with van der Waals surface area (Å²) in [4.78, 5) is 0. The minimum atomic E-state index is -2.17. The molecule has 226 valence electrons. The Morgan fingerprint density at radius 1 is 0.738 bits per heavy atom. The number of hydrogen-bond donors (Lipinski definition) is 1. The van der Waals surface area contributed by atoms with Crippen LogP contribution < -0.4 is 9.74 Å². The molecule has 2 nitrogen and oxygen atoms in total. The first-order chi connectivity index (χ1) is 20.0. The average molecular weight is 594 g/mol. The Morgan fingerprint density at radius 2 is 1.33 bits per heavy atom. The topological polar surface area (TPSA) is 21.3 Å². The van der Waals surface area contributed by atoms with Crippen molar-refractivity contribution >= 4 is 8.32 Å². The molecule has 1 saturated heterocycles. The highest BCUT2D eigenvalue weighted by Gasteiger charge is 2.47. The fourth-order valence-corrected chi connectivity index (χ4v) is 13.4. The lowest BCUT2D eigenvalue weighted by atomic mass is 9.68. The SMILES string of the molecule is CC(C)[Si](Oc1ccc2c(c1)CC[C@H](c1ccc(F)cc1)[C@@H]2c1c(F)cc(C2CCNCC2)cc1F)(C(C)C)C(C)C. The predicted octanol–water partition coefficient (Wildman–Crippen LogP) is 9.99. The molecule has 2 atom stereocenters. The molecule has 1 aliphatic heterocycles. The Morgan fingerprint density at radius 3 is 1.90 bits per heavy atom. The number of piperidine rings is 1. The summed E-state index contributed by atoms with van der Waals surface area (Å²) in [5.74, 6) is -0.961. The number of rotatable bonds is 8. The maximum absolute atomic E-state index is 16.1. The molecule has 0 radical (unpaired) electrons. The van der Waals surface area contributed by atoms with E-state index in [4.69, 9.17) is 4.43 Å². The number of hydrogen-bond acceptors (Lipinski definition) is 2. The second-order valence-electron chi connectivity index (χ2n) is 13.4. The molecule has 1 fully saturated rings. The van der Waals surface area contributed by atoms with E-state index in [1.165, 1.54) is 12.1 Å². The summed E-state index contributed by atoms with van der Waals surface area (Å²) >= 11 is 0. The van der Waals surface area contributed by atoms with Crippen molar-refractivity contribution in [2.24, 2.45) is 0 Å². The van der Waals surface area contributed by atoms with Gasteiger partial charge in [-0.2, -0.15) is 0 Å². The van der Waals surface area contributed by atoms with Gasteiger partial charge in [-0.15, -0.1) is 0 Å². The van der Waals surface area contributed by atoms with E-state index in [9.17, 15) is 4.39 Å². The van der Waals surface area contributed by atoms with E-state index < -0.39 is 25.9 Å². The van der Waals surface area contributed by atoms with Crippen LogP contribution in [0.25, 0.3) is 0 Å². The highest BCUT2D eigenvalue weighted by atomic mass is 28.4. The van der Waals surface area contributed by atoms with Crippen molar-refractivity contribution in [3.8, 4) is 5.75 Å². The van der Waals surface area contributed by atoms with Gasteiger partial charge in [-0.05, 0) is 126 Å². The Hall–Kier alpha value is -2.57. The lowest BCUT2D eigenvalue weighted by Crippen LogP contribution is -2.50. The van der Waals surface area contributed by atoms with Gasteiger partial charge in [0, 0.05) is 11.5 Å². The maximum Gasteiger partial charge on any atom is 0.258 e. The van der Waals surface area contributed by atoms with Crippen LogP contribution in [-0.4, -0.2) is 21.4 Å². The van der Waals surface area contributed by atoms with Crippen LogP contribution in [0.2, 0.25) is 16.6 Å². The Kier molecular flexibility index (Phi) is 9.24. The van der Waals surface area contributed by atoms with Crippen LogP contribution in [0.4, 0.5) is 13.2 Å². The monoisotopic (exact) mass is 593 g/mol. The standard InChI is InChI=1S/C36H46F3NOSi/c1-22(2)42(23(3)4,24(5)6)41-30-12-14-32-27(19-30)9-13-31(26-7-10-29(37)11-8-26)35(32)36-33(38)20-28(21-34(36)39)25-15-17-40-18-16-25/h7-8,10-12,14,19-25,31,35,40H,9,13,15-18H2,1-6H3/t31-,35+/m1/s1. The second kappa shape index (κ2) is 12.6. The number of nitrogens with one attached hydrogen (secondary N) is 1. The molecule has 5 rings (SSSR count). The van der Waals surface area contributed by atoms with Crippen molar-refractivity contribution in [3.63, 3.8) is 0 Å². The minimum absolute atomic E-state index is 0.117. The zero-order valence-corrected chi connectivity index (χ0v) is 26.9. The fourth-order valence-electron chi connectivity index (χ4n) is 8.14. The number of aryl methyl sites for hydroxylation is 1. The molecule has 1 aliphatic carbocycles. The van der Waals surface area contributed by atoms with Crippen LogP contribution in [0.5, 0.6) is 5.75 Å². The molecular formula is C36H46F3NOSi. The number of benzene rings is 3. The molecule has 3 aromatic carbocycles. The van der Waals surface area contributed by atoms with Crippen LogP contribution in [0.3, 0.4) is 0 Å². The van der Waals surface area contributed by atoms with E-state index in [-0.39, 0.29) is 23.2 Å². The van der Waals surface area contributed by atoms with Gasteiger partial charge in [0.25, 0.3) is 8.32 Å².